The lowest BCUT2D eigenvalue weighted by Gasteiger charge is -2.38. The van der Waals surface area contributed by atoms with E-state index in [9.17, 15) is 19.4 Å². The van der Waals surface area contributed by atoms with Crippen LogP contribution >= 0.6 is 11.8 Å². The number of benzene rings is 2. The summed E-state index contributed by atoms with van der Waals surface area (Å²) >= 11 is 1.63. The number of halogens is 1. The number of aliphatic hydroxyl groups is 1. The summed E-state index contributed by atoms with van der Waals surface area (Å²) in [6, 6.07) is 13.1. The van der Waals surface area contributed by atoms with Crippen LogP contribution < -0.4 is 10.1 Å². The number of anilines is 1. The Morgan fingerprint density at radius 2 is 1.85 bits per heavy atom. The van der Waals surface area contributed by atoms with Gasteiger partial charge in [0.2, 0.25) is 0 Å². The Labute approximate surface area is 199 Å². The molecule has 33 heavy (non-hydrogen) atoms. The number of nitrogens with zero attached hydrogens (tertiary/aromatic N) is 1. The normalized spacial score (nSPS) is 16.8. The summed E-state index contributed by atoms with van der Waals surface area (Å²) in [5, 5.41) is 23.3. The smallest absolute Gasteiger partial charge is 0.326 e. The van der Waals surface area contributed by atoms with Gasteiger partial charge in [-0.15, -0.1) is 0 Å². The molecule has 0 aliphatic carbocycles. The molecule has 0 radical (unpaired) electrons. The fourth-order valence-corrected chi connectivity index (χ4v) is 4.46. The lowest BCUT2D eigenvalue weighted by atomic mass is 9.85. The van der Waals surface area contributed by atoms with Crippen molar-refractivity contribution in [2.24, 2.45) is 0 Å². The lowest BCUT2D eigenvalue weighted by Crippen LogP contribution is -2.46. The zero-order valence-corrected chi connectivity index (χ0v) is 19.8. The van der Waals surface area contributed by atoms with Crippen LogP contribution in [-0.2, 0) is 11.2 Å². The first-order valence-electron chi connectivity index (χ1n) is 11.3. The molecule has 8 heteroatoms. The van der Waals surface area contributed by atoms with E-state index in [4.69, 9.17) is 4.74 Å². The first-order chi connectivity index (χ1) is 15.9. The topological polar surface area (TPSA) is 82.0 Å². The van der Waals surface area contributed by atoms with Gasteiger partial charge in [-0.3, -0.25) is 4.90 Å². The number of rotatable bonds is 12. The number of thioether (sulfide) groups is 1. The number of ether oxygens (including phenoxy) is 1. The second-order valence-electron chi connectivity index (χ2n) is 8.56. The van der Waals surface area contributed by atoms with Crippen molar-refractivity contribution in [1.82, 2.24) is 4.90 Å². The molecular formula is C25H33FN2O4S. The Morgan fingerprint density at radius 3 is 2.45 bits per heavy atom. The third-order valence-electron chi connectivity index (χ3n) is 6.01. The number of aliphatic carboxylic acids is 1. The molecule has 2 aromatic carbocycles. The maximum atomic E-state index is 13.1. The number of nitrogens with one attached hydrogen (secondary N) is 1. The molecule has 6 nitrogen and oxygen atoms in total. The van der Waals surface area contributed by atoms with Crippen LogP contribution in [0.1, 0.15) is 24.8 Å². The minimum Gasteiger partial charge on any atom is -0.492 e. The number of likely N-dealkylation sites (tertiary alicyclic amines) is 1. The van der Waals surface area contributed by atoms with Gasteiger partial charge in [0.15, 0.2) is 0 Å². The zero-order chi connectivity index (χ0) is 23.7. The lowest BCUT2D eigenvalue weighted by molar-refractivity contribution is -0.137. The van der Waals surface area contributed by atoms with Gasteiger partial charge in [-0.25, -0.2) is 9.18 Å². The van der Waals surface area contributed by atoms with Gasteiger partial charge >= 0.3 is 5.97 Å². The number of hydrogen-bond donors (Lipinski definition) is 3. The van der Waals surface area contributed by atoms with Crippen LogP contribution in [0.2, 0.25) is 0 Å². The van der Waals surface area contributed by atoms with Gasteiger partial charge in [0.25, 0.3) is 0 Å². The van der Waals surface area contributed by atoms with Crippen molar-refractivity contribution in [1.29, 1.82) is 0 Å². The molecule has 3 N–H and O–H groups in total. The summed E-state index contributed by atoms with van der Waals surface area (Å²) in [6.45, 7) is 2.88. The van der Waals surface area contributed by atoms with Crippen LogP contribution in [0.25, 0.3) is 0 Å². The highest BCUT2D eigenvalue weighted by atomic mass is 32.2. The van der Waals surface area contributed by atoms with Crippen LogP contribution in [0.15, 0.2) is 48.5 Å². The third-order valence-corrected chi connectivity index (χ3v) is 6.66. The fraction of sp³-hybridized carbons (Fsp3) is 0.480. The molecule has 1 heterocycles. The molecule has 0 aromatic heterocycles. The summed E-state index contributed by atoms with van der Waals surface area (Å²) < 4.78 is 18.9. The first kappa shape index (κ1) is 25.3. The summed E-state index contributed by atoms with van der Waals surface area (Å²) in [5.74, 6) is 0.407. The second kappa shape index (κ2) is 12.3. The molecule has 180 valence electrons. The summed E-state index contributed by atoms with van der Waals surface area (Å²) in [6.07, 6.45) is 4.41. The SMILES string of the molecule is CSCCC(Nc1ccc(OCCN2CCC(O)(Cc3ccc(F)cc3)CC2)cc1)C(=O)O. The van der Waals surface area contributed by atoms with Gasteiger partial charge in [0, 0.05) is 31.7 Å². The highest BCUT2D eigenvalue weighted by molar-refractivity contribution is 7.98. The minimum atomic E-state index is -0.851. The Balaban J connectivity index is 1.38. The molecule has 1 saturated heterocycles. The van der Waals surface area contributed by atoms with Crippen LogP contribution in [0.4, 0.5) is 10.1 Å². The third kappa shape index (κ3) is 8.21. The molecule has 1 unspecified atom stereocenters. The highest BCUT2D eigenvalue weighted by Crippen LogP contribution is 2.26. The van der Waals surface area contributed by atoms with Crippen LogP contribution in [-0.4, -0.2) is 71.0 Å². The van der Waals surface area contributed by atoms with Crippen LogP contribution in [0.3, 0.4) is 0 Å². The van der Waals surface area contributed by atoms with E-state index in [0.717, 1.165) is 42.4 Å². The number of carbonyl (C=O) groups is 1. The monoisotopic (exact) mass is 476 g/mol. The van der Waals surface area contributed by atoms with Crippen molar-refractivity contribution < 1.29 is 24.1 Å². The largest absolute Gasteiger partial charge is 0.492 e. The Kier molecular flexibility index (Phi) is 9.41. The summed E-state index contributed by atoms with van der Waals surface area (Å²) in [4.78, 5) is 13.7. The average molecular weight is 477 g/mol. The van der Waals surface area contributed by atoms with E-state index in [-0.39, 0.29) is 5.82 Å². The predicted octanol–water partition coefficient (Wildman–Crippen LogP) is 3.89. The van der Waals surface area contributed by atoms with Crippen LogP contribution in [0, 0.1) is 5.82 Å². The van der Waals surface area contributed by atoms with Gasteiger partial charge < -0.3 is 20.3 Å². The predicted molar refractivity (Wildman–Crippen MR) is 131 cm³/mol. The molecular weight excluding hydrogens is 443 g/mol. The van der Waals surface area contributed by atoms with Crippen molar-refractivity contribution >= 4 is 23.4 Å². The van der Waals surface area contributed by atoms with Crippen LogP contribution in [0.5, 0.6) is 5.75 Å². The number of piperidine rings is 1. The maximum Gasteiger partial charge on any atom is 0.326 e. The summed E-state index contributed by atoms with van der Waals surface area (Å²) in [7, 11) is 0. The van der Waals surface area contributed by atoms with Crippen molar-refractivity contribution in [3.8, 4) is 5.75 Å². The maximum absolute atomic E-state index is 13.1. The second-order valence-corrected chi connectivity index (χ2v) is 9.54. The van der Waals surface area contributed by atoms with Gasteiger partial charge in [0.05, 0.1) is 5.60 Å². The Bertz CT molecular complexity index is 871. The molecule has 2 aromatic rings. The molecule has 1 atom stereocenters. The van der Waals surface area contributed by atoms with E-state index >= 15 is 0 Å². The molecule has 0 saturated carbocycles. The zero-order valence-electron chi connectivity index (χ0n) is 19.0. The standard InChI is InChI=1S/C25H33FN2O4S/c1-33-17-10-23(24(29)30)27-21-6-8-22(9-7-21)32-16-15-28-13-11-25(31,12-14-28)18-19-2-4-20(26)5-3-19/h2-9,23,27,31H,10-18H2,1H3,(H,29,30). The van der Waals surface area contributed by atoms with Crippen molar-refractivity contribution in [3.63, 3.8) is 0 Å². The molecule has 1 aliphatic rings. The Hall–Kier alpha value is -2.29. The molecule has 0 spiro atoms. The van der Waals surface area contributed by atoms with E-state index < -0.39 is 17.6 Å². The number of carboxylic acids is 1. The van der Waals surface area contributed by atoms with Gasteiger partial charge in [-0.2, -0.15) is 11.8 Å². The molecule has 1 aliphatic heterocycles. The van der Waals surface area contributed by atoms with E-state index in [2.05, 4.69) is 10.2 Å². The van der Waals surface area contributed by atoms with Crippen molar-refractivity contribution in [2.75, 3.05) is 43.6 Å². The molecule has 1 fully saturated rings. The van der Waals surface area contributed by atoms with E-state index in [0.29, 0.717) is 32.3 Å². The first-order valence-corrected chi connectivity index (χ1v) is 12.7. The Morgan fingerprint density at radius 1 is 1.18 bits per heavy atom. The van der Waals surface area contributed by atoms with Gasteiger partial charge in [0.1, 0.15) is 24.2 Å². The summed E-state index contributed by atoms with van der Waals surface area (Å²) in [5.41, 5.74) is 0.960. The van der Waals surface area contributed by atoms with Crippen molar-refractivity contribution in [2.45, 2.75) is 37.3 Å². The average Bonchev–Trinajstić information content (AvgIpc) is 2.80. The van der Waals surface area contributed by atoms with E-state index in [1.807, 2.05) is 30.5 Å². The number of carboxylic acid groups (broad SMARTS) is 1. The van der Waals surface area contributed by atoms with E-state index in [1.54, 1.807) is 23.9 Å². The molecule has 0 amide bonds. The quantitative estimate of drug-likeness (QED) is 0.429. The minimum absolute atomic E-state index is 0.262. The number of hydrogen-bond acceptors (Lipinski definition) is 6. The fourth-order valence-electron chi connectivity index (χ4n) is 3.99. The van der Waals surface area contributed by atoms with Gasteiger partial charge in [-0.05, 0) is 73.2 Å². The van der Waals surface area contributed by atoms with Crippen molar-refractivity contribution in [3.05, 3.63) is 59.9 Å². The van der Waals surface area contributed by atoms with Gasteiger partial charge in [-0.1, -0.05) is 12.1 Å². The molecule has 3 rings (SSSR count). The van der Waals surface area contributed by atoms with E-state index in [1.165, 1.54) is 12.1 Å². The highest BCUT2D eigenvalue weighted by Gasteiger charge is 2.32. The molecule has 0 bridgehead atoms.